The molecule has 3 aliphatic rings. The molecule has 7 unspecified atom stereocenters. The van der Waals surface area contributed by atoms with Gasteiger partial charge in [0.2, 0.25) is 11.8 Å². The van der Waals surface area contributed by atoms with E-state index < -0.39 is 95.9 Å². The number of phosphoric acid groups is 3. The van der Waals surface area contributed by atoms with E-state index in [1.165, 1.54) is 25.0 Å². The fraction of sp³-hybridized carbons (Fsp3) is 0.681. The number of carboxylic acids is 1. The quantitative estimate of drug-likeness (QED) is 0.0363. The van der Waals surface area contributed by atoms with E-state index in [-0.39, 0.29) is 54.1 Å². The van der Waals surface area contributed by atoms with Crippen molar-refractivity contribution < 1.29 is 90.4 Å². The van der Waals surface area contributed by atoms with Gasteiger partial charge in [0.05, 0.1) is 32.8 Å². The molecule has 2 saturated carbocycles. The Morgan fingerprint density at radius 3 is 2.01 bits per heavy atom. The molecule has 6 rings (SSSR count). The first-order valence-corrected chi connectivity index (χ1v) is 29.8. The zero-order valence-electron chi connectivity index (χ0n) is 42.5. The van der Waals surface area contributed by atoms with Crippen molar-refractivity contribution in [2.75, 3.05) is 32.0 Å². The third-order valence-electron chi connectivity index (χ3n) is 14.3. The van der Waals surface area contributed by atoms with Crippen molar-refractivity contribution in [2.45, 2.75) is 160 Å². The molecule has 2 aliphatic carbocycles. The van der Waals surface area contributed by atoms with E-state index in [1.807, 2.05) is 0 Å². The third-order valence-corrected chi connectivity index (χ3v) is 17.3. The minimum absolute atomic E-state index is 0.0239. The molecule has 1 aliphatic heterocycles. The van der Waals surface area contributed by atoms with Crippen LogP contribution < -0.4 is 35.9 Å². The second-order valence-electron chi connectivity index (χ2n) is 20.6. The van der Waals surface area contributed by atoms with Crippen LogP contribution in [-0.4, -0.2) is 109 Å². The van der Waals surface area contributed by atoms with Gasteiger partial charge >= 0.3 is 5.97 Å². The Bertz CT molecular complexity index is 2640. The van der Waals surface area contributed by atoms with E-state index in [1.54, 1.807) is 0 Å². The zero-order valence-corrected chi connectivity index (χ0v) is 45.2. The van der Waals surface area contributed by atoms with E-state index in [4.69, 9.17) is 10.5 Å². The SMILES string of the molecule is CC(C)(COP(=O)([O-])OP(=O)([O-])OCC1OC(n2cnc3c(N)ncnc32)C(O)C1OP(=O)([O-])[O-])C(O)C(=O)NCCC(=O)NCCC(=O)C1(CCCCCCc2ccccc2CCCCCCC2(C(=O)O)CC2)CC1. The number of ether oxygens (including phenoxy) is 1. The number of aliphatic hydroxyl groups is 2. The number of fused-ring (bicyclic) bond motifs is 1. The fourth-order valence-electron chi connectivity index (χ4n) is 9.35. The van der Waals surface area contributed by atoms with Crippen LogP contribution in [0.5, 0.6) is 0 Å². The summed E-state index contributed by atoms with van der Waals surface area (Å²) in [4.78, 5) is 110. The number of rotatable bonds is 35. The molecule has 7 N–H and O–H groups in total. The number of nitrogens with two attached hydrogens (primary N) is 1. The molecule has 0 spiro atoms. The molecular formula is C47H68N7O19P3-4. The van der Waals surface area contributed by atoms with Crippen LogP contribution >= 0.6 is 23.5 Å². The Balaban J connectivity index is 0.828. The molecule has 424 valence electrons. The average Bonchev–Trinajstić information content (AvgIpc) is 4.26. The molecule has 26 nitrogen and oxygen atoms in total. The fourth-order valence-corrected chi connectivity index (χ4v) is 12.1. The predicted octanol–water partition coefficient (Wildman–Crippen LogP) is 2.17. The number of carbonyl (C=O) groups is 4. The summed E-state index contributed by atoms with van der Waals surface area (Å²) in [6.45, 7) is 0.00322. The van der Waals surface area contributed by atoms with Crippen molar-refractivity contribution in [3.8, 4) is 0 Å². The lowest BCUT2D eigenvalue weighted by molar-refractivity contribution is -0.347. The first kappa shape index (κ1) is 61.1. The lowest BCUT2D eigenvalue weighted by Crippen LogP contribution is -2.46. The van der Waals surface area contributed by atoms with Crippen molar-refractivity contribution in [3.63, 3.8) is 0 Å². The normalized spacial score (nSPS) is 21.8. The van der Waals surface area contributed by atoms with Crippen molar-refractivity contribution in [1.82, 2.24) is 30.2 Å². The predicted molar refractivity (Wildman–Crippen MR) is 261 cm³/mol. The molecule has 0 bridgehead atoms. The second kappa shape index (κ2) is 26.2. The maximum atomic E-state index is 13.1. The summed E-state index contributed by atoms with van der Waals surface area (Å²) in [5.74, 6) is -2.11. The van der Waals surface area contributed by atoms with Gasteiger partial charge in [0.25, 0.3) is 15.6 Å². The van der Waals surface area contributed by atoms with Crippen LogP contribution in [0.3, 0.4) is 0 Å². The van der Waals surface area contributed by atoms with Crippen LogP contribution in [0.25, 0.3) is 11.2 Å². The van der Waals surface area contributed by atoms with Gasteiger partial charge in [-0.1, -0.05) is 76.6 Å². The lowest BCUT2D eigenvalue weighted by atomic mass is 9.87. The van der Waals surface area contributed by atoms with E-state index >= 15 is 0 Å². The molecule has 2 aromatic heterocycles. The number of benzene rings is 1. The highest BCUT2D eigenvalue weighted by Crippen LogP contribution is 2.57. The number of imidazole rings is 1. The Hall–Kier alpha value is -4.10. The molecule has 3 aromatic rings. The summed E-state index contributed by atoms with van der Waals surface area (Å²) < 4.78 is 61.1. The number of carbonyl (C=O) groups excluding carboxylic acids is 3. The number of Topliss-reactive ketones (excluding diaryl/α,β-unsaturated/α-hetero) is 1. The Morgan fingerprint density at radius 1 is 0.842 bits per heavy atom. The highest BCUT2D eigenvalue weighted by molar-refractivity contribution is 7.59. The number of nitrogens with zero attached hydrogens (tertiary/aromatic N) is 4. The highest BCUT2D eigenvalue weighted by atomic mass is 31.3. The number of carboxylic acid groups (broad SMARTS) is 1. The molecule has 3 heterocycles. The van der Waals surface area contributed by atoms with E-state index in [0.29, 0.717) is 0 Å². The standard InChI is InChI=1S/C47H72N7O19P3/c1-45(2,28-70-76(67,68)73-75(65,66)69-27-33-38(72-74(62,63)64)37(57)43(71-33)54-30-53-36-40(48)51-29-52-41(36)54)39(58)42(59)50-26-18-35(56)49-25-17-34(55)46(21-22-46)19-11-5-3-7-13-31-15-9-10-16-32(31)14-8-4-6-12-20-47(23-24-47)44(60)61/h9-10,15-16,29-30,33,37-39,43,57-58H,3-8,11-14,17-28H2,1-2H3,(H,49,56)(H,50,59)(H,60,61)(H,65,66)(H,67,68)(H2,48,51,52)(H2,62,63,64)/p-4. The number of aryl methyl sites for hydroxylation is 2. The van der Waals surface area contributed by atoms with Crippen LogP contribution in [0.1, 0.15) is 134 Å². The van der Waals surface area contributed by atoms with Gasteiger partial charge in [-0.2, -0.15) is 0 Å². The summed E-state index contributed by atoms with van der Waals surface area (Å²) in [5, 5.41) is 36.0. The van der Waals surface area contributed by atoms with E-state index in [0.717, 1.165) is 120 Å². The van der Waals surface area contributed by atoms with Gasteiger partial charge in [-0.05, 0) is 75.3 Å². The van der Waals surface area contributed by atoms with Gasteiger partial charge in [0.1, 0.15) is 42.0 Å². The van der Waals surface area contributed by atoms with Crippen LogP contribution in [0.4, 0.5) is 5.82 Å². The summed E-state index contributed by atoms with van der Waals surface area (Å²) in [7, 11) is -17.7. The summed E-state index contributed by atoms with van der Waals surface area (Å²) in [5.41, 5.74) is 6.03. The number of ketones is 1. The van der Waals surface area contributed by atoms with Crippen LogP contribution in [-0.2, 0) is 68.3 Å². The largest absolute Gasteiger partial charge is 0.790 e. The molecule has 1 aromatic carbocycles. The van der Waals surface area contributed by atoms with Gasteiger partial charge in [0, 0.05) is 36.8 Å². The molecule has 2 amide bonds. The maximum Gasteiger partial charge on any atom is 0.309 e. The van der Waals surface area contributed by atoms with Crippen molar-refractivity contribution in [1.29, 1.82) is 0 Å². The number of aliphatic hydroxyl groups excluding tert-OH is 2. The van der Waals surface area contributed by atoms with Gasteiger partial charge < -0.3 is 74.1 Å². The summed E-state index contributed by atoms with van der Waals surface area (Å²) >= 11 is 0. The number of nitrogens with one attached hydrogen (secondary N) is 2. The Morgan fingerprint density at radius 2 is 1.42 bits per heavy atom. The average molecular weight is 1130 g/mol. The van der Waals surface area contributed by atoms with Gasteiger partial charge in [0.15, 0.2) is 17.7 Å². The smallest absolute Gasteiger partial charge is 0.309 e. The topological polar surface area (TPSA) is 412 Å². The van der Waals surface area contributed by atoms with Crippen molar-refractivity contribution >= 4 is 64.0 Å². The minimum atomic E-state index is -5.94. The first-order chi connectivity index (χ1) is 35.8. The molecule has 76 heavy (non-hydrogen) atoms. The number of nitrogen functional groups attached to an aromatic ring is 1. The van der Waals surface area contributed by atoms with Crippen LogP contribution in [0.2, 0.25) is 0 Å². The van der Waals surface area contributed by atoms with Crippen LogP contribution in [0, 0.1) is 16.2 Å². The zero-order chi connectivity index (χ0) is 55.5. The number of hydrogen-bond acceptors (Lipinski definition) is 22. The Labute approximate surface area is 439 Å². The number of hydrogen-bond donors (Lipinski definition) is 6. The van der Waals surface area contributed by atoms with Crippen molar-refractivity contribution in [3.05, 3.63) is 48.0 Å². The number of aliphatic carboxylic acids is 1. The molecule has 7 atom stereocenters. The Kier molecular flexibility index (Phi) is 21.1. The first-order valence-electron chi connectivity index (χ1n) is 25.4. The molecule has 0 radical (unpaired) electrons. The number of phosphoric ester groups is 3. The van der Waals surface area contributed by atoms with Gasteiger partial charge in [-0.25, -0.2) is 19.3 Å². The molecule has 1 saturated heterocycles. The number of anilines is 1. The minimum Gasteiger partial charge on any atom is -0.790 e. The van der Waals surface area contributed by atoms with Crippen LogP contribution in [0.15, 0.2) is 36.9 Å². The van der Waals surface area contributed by atoms with E-state index in [2.05, 4.69) is 67.7 Å². The lowest BCUT2D eigenvalue weighted by Gasteiger charge is -2.36. The highest BCUT2D eigenvalue weighted by Gasteiger charge is 2.50. The number of aromatic nitrogens is 4. The number of unbranched alkanes of at least 4 members (excludes halogenated alkanes) is 6. The van der Waals surface area contributed by atoms with E-state index in [9.17, 15) is 67.8 Å². The molecule has 29 heteroatoms. The maximum absolute atomic E-state index is 13.1. The van der Waals surface area contributed by atoms with Crippen molar-refractivity contribution in [2.24, 2.45) is 16.2 Å². The summed E-state index contributed by atoms with van der Waals surface area (Å²) in [6, 6.07) is 8.55. The summed E-state index contributed by atoms with van der Waals surface area (Å²) in [6.07, 6.45) is 7.63. The van der Waals surface area contributed by atoms with Gasteiger partial charge in [-0.15, -0.1) is 0 Å². The second-order valence-corrected chi connectivity index (χ2v) is 24.7. The molecular weight excluding hydrogens is 1060 g/mol. The monoisotopic (exact) mass is 1130 g/mol. The molecule has 3 fully saturated rings. The number of amides is 2. The van der Waals surface area contributed by atoms with Gasteiger partial charge in [-0.3, -0.25) is 32.9 Å². The third kappa shape index (κ3) is 17.4.